The molecule has 0 unspecified atom stereocenters. The van der Waals surface area contributed by atoms with E-state index in [0.29, 0.717) is 28.0 Å². The van der Waals surface area contributed by atoms with E-state index in [1.807, 2.05) is 36.5 Å². The minimum atomic E-state index is -2.45. The number of hydrogen-bond donors (Lipinski definition) is 0. The Kier molecular flexibility index (Phi) is 8.00. The molecule has 3 aromatic heterocycles. The summed E-state index contributed by atoms with van der Waals surface area (Å²) in [5.74, 6) is -0.301. The Hall–Kier alpha value is -4.22. The van der Waals surface area contributed by atoms with Crippen LogP contribution < -0.4 is 5.19 Å². The van der Waals surface area contributed by atoms with E-state index in [-0.39, 0.29) is 37.0 Å². The molecule has 0 aliphatic rings. The number of halogens is 1. The summed E-state index contributed by atoms with van der Waals surface area (Å²) in [6, 6.07) is 36.1. The van der Waals surface area contributed by atoms with Gasteiger partial charge in [-0.3, -0.25) is 0 Å². The Morgan fingerprint density at radius 1 is 0.822 bits per heavy atom. The number of aromatic nitrogens is 2. The molecule has 0 amide bonds. The molecule has 0 atom stereocenters. The van der Waals surface area contributed by atoms with E-state index in [1.165, 1.54) is 29.6 Å². The quantitative estimate of drug-likeness (QED) is 0.129. The molecule has 0 aliphatic carbocycles. The van der Waals surface area contributed by atoms with Crippen LogP contribution in [0.25, 0.3) is 44.5 Å². The van der Waals surface area contributed by atoms with Crippen LogP contribution >= 0.6 is 0 Å². The number of nitrogens with zero attached hydrogens (tertiary/aromatic N) is 2. The number of pyridine rings is 2. The molecular weight excluding hydrogens is 752 g/mol. The van der Waals surface area contributed by atoms with Crippen molar-refractivity contribution in [1.82, 2.24) is 9.97 Å². The SMILES string of the molecule is C[Si](C)(C)c1ccc(-c2[c-]ccc3c2oc2cc(F)ccc23)nc1.[2H]C([2H])([2H])c1cnc(-c2[c-]cccc2)cc1C([2H])([2H])c1ccccc1.[Ir]. The fourth-order valence-corrected chi connectivity index (χ4v) is 5.86. The van der Waals surface area contributed by atoms with Crippen molar-refractivity contribution in [3.8, 4) is 22.5 Å². The maximum atomic E-state index is 13.5. The normalized spacial score (nSPS) is 13.4. The molecule has 6 heteroatoms. The smallest absolute Gasteiger partial charge is 0.126 e. The van der Waals surface area contributed by atoms with Gasteiger partial charge in [-0.15, -0.1) is 54.1 Å². The third-order valence-electron chi connectivity index (χ3n) is 7.22. The average molecular weight is 790 g/mol. The zero-order valence-corrected chi connectivity index (χ0v) is 28.4. The molecular formula is C39H33FIrN2OSi-2. The molecule has 1 radical (unpaired) electrons. The molecule has 7 aromatic rings. The van der Waals surface area contributed by atoms with Crippen molar-refractivity contribution in [1.29, 1.82) is 0 Å². The second-order valence-corrected chi connectivity index (χ2v) is 16.5. The van der Waals surface area contributed by atoms with E-state index in [1.54, 1.807) is 48.5 Å². The predicted molar refractivity (Wildman–Crippen MR) is 181 cm³/mol. The van der Waals surface area contributed by atoms with Crippen molar-refractivity contribution in [3.63, 3.8) is 0 Å². The van der Waals surface area contributed by atoms with Gasteiger partial charge in [-0.1, -0.05) is 79.1 Å². The van der Waals surface area contributed by atoms with Gasteiger partial charge in [0.2, 0.25) is 0 Å². The molecule has 7 rings (SSSR count). The van der Waals surface area contributed by atoms with Gasteiger partial charge in [0.15, 0.2) is 0 Å². The molecule has 3 nitrogen and oxygen atoms in total. The van der Waals surface area contributed by atoms with Crippen LogP contribution in [-0.4, -0.2) is 18.0 Å². The molecule has 0 aliphatic heterocycles. The maximum absolute atomic E-state index is 13.5. The van der Waals surface area contributed by atoms with Crippen molar-refractivity contribution in [2.24, 2.45) is 0 Å². The molecule has 0 saturated heterocycles. The largest absolute Gasteiger partial charge is 0.500 e. The Bertz CT molecular complexity index is 2240. The Morgan fingerprint density at radius 2 is 1.62 bits per heavy atom. The van der Waals surface area contributed by atoms with Crippen LogP contribution in [-0.2, 0) is 26.5 Å². The minimum Gasteiger partial charge on any atom is -0.500 e. The van der Waals surface area contributed by atoms with Gasteiger partial charge in [-0.25, -0.2) is 4.39 Å². The zero-order valence-electron chi connectivity index (χ0n) is 30.0. The van der Waals surface area contributed by atoms with Crippen LogP contribution in [0.3, 0.4) is 0 Å². The zero-order chi connectivity index (χ0) is 35.0. The summed E-state index contributed by atoms with van der Waals surface area (Å²) < 4.78 is 59.8. The third-order valence-corrected chi connectivity index (χ3v) is 9.25. The number of aryl methyl sites for hydroxylation is 1. The second kappa shape index (κ2) is 13.8. The van der Waals surface area contributed by atoms with E-state index in [4.69, 9.17) is 11.3 Å². The minimum absolute atomic E-state index is 0. The summed E-state index contributed by atoms with van der Waals surface area (Å²) in [5.41, 5.74) is 4.47. The average Bonchev–Trinajstić information content (AvgIpc) is 3.46. The van der Waals surface area contributed by atoms with Crippen molar-refractivity contribution in [2.75, 3.05) is 0 Å². The van der Waals surface area contributed by atoms with Gasteiger partial charge in [-0.2, -0.15) is 0 Å². The van der Waals surface area contributed by atoms with Crippen LogP contribution in [0.5, 0.6) is 0 Å². The summed E-state index contributed by atoms with van der Waals surface area (Å²) in [7, 11) is -1.38. The van der Waals surface area contributed by atoms with Gasteiger partial charge in [0, 0.05) is 50.8 Å². The first-order chi connectivity index (χ1) is 23.2. The van der Waals surface area contributed by atoms with E-state index in [0.717, 1.165) is 22.0 Å². The van der Waals surface area contributed by atoms with Gasteiger partial charge >= 0.3 is 0 Å². The topological polar surface area (TPSA) is 38.9 Å². The van der Waals surface area contributed by atoms with Crippen molar-refractivity contribution in [3.05, 3.63) is 150 Å². The maximum Gasteiger partial charge on any atom is 0.126 e. The van der Waals surface area contributed by atoms with Gasteiger partial charge in [-0.05, 0) is 58.6 Å². The standard InChI is InChI=1S/C20H17FNOSi.C19H16N.Ir/c1-24(2,3)14-8-10-18(22-12-14)17-6-4-5-16-15-9-7-13(21)11-19(15)23-20(16)17;1-15-14-20-19(17-10-6-3-7-11-17)13-18(15)12-16-8-4-2-5-9-16;/h4-5,7-12H,1-3H3;2-10,13-14H,12H2,1H3;/q2*-1;/i;1D3,12D2;. The molecule has 0 spiro atoms. The van der Waals surface area contributed by atoms with Crippen LogP contribution in [0.15, 0.2) is 120 Å². The number of rotatable bonds is 5. The monoisotopic (exact) mass is 790 g/mol. The fraction of sp³-hybridized carbons (Fsp3) is 0.128. The van der Waals surface area contributed by atoms with E-state index in [2.05, 4.69) is 47.8 Å². The van der Waals surface area contributed by atoms with Gasteiger partial charge in [0.1, 0.15) is 11.4 Å². The molecule has 227 valence electrons. The fourth-order valence-electron chi connectivity index (χ4n) is 4.83. The van der Waals surface area contributed by atoms with Gasteiger partial charge < -0.3 is 14.4 Å². The van der Waals surface area contributed by atoms with Crippen molar-refractivity contribution in [2.45, 2.75) is 32.9 Å². The summed E-state index contributed by atoms with van der Waals surface area (Å²) in [6.07, 6.45) is 1.24. The molecule has 4 aromatic carbocycles. The number of furan rings is 1. The molecule has 45 heavy (non-hydrogen) atoms. The molecule has 0 fully saturated rings. The van der Waals surface area contributed by atoms with Crippen LogP contribution in [0, 0.1) is 24.8 Å². The van der Waals surface area contributed by atoms with Crippen LogP contribution in [0.4, 0.5) is 4.39 Å². The molecule has 0 saturated carbocycles. The Morgan fingerprint density at radius 3 is 2.33 bits per heavy atom. The van der Waals surface area contributed by atoms with E-state index < -0.39 is 21.3 Å². The molecule has 0 bridgehead atoms. The Balaban J connectivity index is 0.000000191. The number of benzene rings is 4. The molecule has 3 heterocycles. The Labute approximate surface area is 285 Å². The van der Waals surface area contributed by atoms with Crippen molar-refractivity contribution < 1.29 is 35.8 Å². The molecule has 0 N–H and O–H groups in total. The number of fused-ring (bicyclic) bond motifs is 3. The summed E-state index contributed by atoms with van der Waals surface area (Å²) in [4.78, 5) is 8.85. The predicted octanol–water partition coefficient (Wildman–Crippen LogP) is 9.58. The number of hydrogen-bond acceptors (Lipinski definition) is 3. The third kappa shape index (κ3) is 7.37. The summed E-state index contributed by atoms with van der Waals surface area (Å²) in [6.45, 7) is 4.43. The summed E-state index contributed by atoms with van der Waals surface area (Å²) >= 11 is 0. The van der Waals surface area contributed by atoms with Crippen LogP contribution in [0.1, 0.15) is 23.5 Å². The first kappa shape index (κ1) is 26.0. The van der Waals surface area contributed by atoms with E-state index >= 15 is 0 Å². The van der Waals surface area contributed by atoms with Gasteiger partial charge in [0.25, 0.3) is 0 Å². The van der Waals surface area contributed by atoms with Crippen LogP contribution in [0.2, 0.25) is 19.6 Å². The first-order valence-electron chi connectivity index (χ1n) is 16.8. The van der Waals surface area contributed by atoms with E-state index in [9.17, 15) is 4.39 Å². The first-order valence-corrected chi connectivity index (χ1v) is 17.8. The van der Waals surface area contributed by atoms with Crippen molar-refractivity contribution >= 4 is 35.2 Å². The second-order valence-electron chi connectivity index (χ2n) is 11.4. The van der Waals surface area contributed by atoms with Gasteiger partial charge in [0.05, 0.1) is 13.7 Å². The summed E-state index contributed by atoms with van der Waals surface area (Å²) in [5, 5.41) is 3.17.